The van der Waals surface area contributed by atoms with Crippen LogP contribution in [0.25, 0.3) is 0 Å². The summed E-state index contributed by atoms with van der Waals surface area (Å²) in [5, 5.41) is 19.4. The molecule has 1 aromatic rings. The van der Waals surface area contributed by atoms with E-state index in [1.54, 1.807) is 6.92 Å². The highest BCUT2D eigenvalue weighted by atomic mass is 32.2. The largest absolute Gasteiger partial charge is 0.480 e. The lowest BCUT2D eigenvalue weighted by Crippen LogP contribution is -2.36. The van der Waals surface area contributed by atoms with Crippen LogP contribution in [-0.2, 0) is 14.8 Å². The van der Waals surface area contributed by atoms with Gasteiger partial charge in [0.1, 0.15) is 6.54 Å². The zero-order valence-electron chi connectivity index (χ0n) is 10.7. The number of rotatable bonds is 7. The average molecular weight is 302 g/mol. The van der Waals surface area contributed by atoms with E-state index in [-0.39, 0.29) is 17.1 Å². The van der Waals surface area contributed by atoms with E-state index in [0.29, 0.717) is 6.42 Å². The molecule has 0 bridgehead atoms. The predicted octanol–water partition coefficient (Wildman–Crippen LogP) is 1.08. The summed E-state index contributed by atoms with van der Waals surface area (Å²) in [5.41, 5.74) is -0.363. The SMILES string of the molecule is CCCN(CC(=O)O)S(=O)(=O)c1cccc([N+](=O)[O-])c1. The molecule has 0 fully saturated rings. The molecule has 1 aromatic carbocycles. The molecule has 0 aromatic heterocycles. The highest BCUT2D eigenvalue weighted by molar-refractivity contribution is 7.89. The normalized spacial score (nSPS) is 11.5. The van der Waals surface area contributed by atoms with Gasteiger partial charge in [0.2, 0.25) is 10.0 Å². The van der Waals surface area contributed by atoms with E-state index < -0.39 is 27.5 Å². The van der Waals surface area contributed by atoms with Crippen molar-refractivity contribution in [1.82, 2.24) is 4.31 Å². The molecule has 0 aliphatic rings. The fourth-order valence-electron chi connectivity index (χ4n) is 1.59. The standard InChI is InChI=1S/C11H14N2O6S/c1-2-6-12(8-11(14)15)20(18,19)10-5-3-4-9(7-10)13(16)17/h3-5,7H,2,6,8H2,1H3,(H,14,15). The van der Waals surface area contributed by atoms with Crippen molar-refractivity contribution in [2.24, 2.45) is 0 Å². The van der Waals surface area contributed by atoms with Gasteiger partial charge < -0.3 is 5.11 Å². The Bertz CT molecular complexity index is 613. The summed E-state index contributed by atoms with van der Waals surface area (Å²) in [6.07, 6.45) is 0.432. The minimum Gasteiger partial charge on any atom is -0.480 e. The monoisotopic (exact) mass is 302 g/mol. The Morgan fingerprint density at radius 2 is 2.10 bits per heavy atom. The third-order valence-electron chi connectivity index (χ3n) is 2.45. The van der Waals surface area contributed by atoms with Crippen molar-refractivity contribution in [3.05, 3.63) is 34.4 Å². The summed E-state index contributed by atoms with van der Waals surface area (Å²) in [6.45, 7) is 1.05. The second-order valence-electron chi connectivity index (χ2n) is 3.99. The Morgan fingerprint density at radius 3 is 2.60 bits per heavy atom. The van der Waals surface area contributed by atoms with Crippen LogP contribution in [0, 0.1) is 10.1 Å². The van der Waals surface area contributed by atoms with Crippen molar-refractivity contribution in [2.45, 2.75) is 18.2 Å². The number of hydrogen-bond donors (Lipinski definition) is 1. The molecular formula is C11H14N2O6S. The Hall–Kier alpha value is -2.00. The lowest BCUT2D eigenvalue weighted by molar-refractivity contribution is -0.385. The molecule has 0 spiro atoms. The summed E-state index contributed by atoms with van der Waals surface area (Å²) >= 11 is 0. The molecule has 0 saturated heterocycles. The molecule has 0 radical (unpaired) electrons. The number of sulfonamides is 1. The Labute approximate surface area is 115 Å². The number of hydrogen-bond acceptors (Lipinski definition) is 5. The van der Waals surface area contributed by atoms with Crippen LogP contribution in [0.4, 0.5) is 5.69 Å². The van der Waals surface area contributed by atoms with Crippen molar-refractivity contribution >= 4 is 21.7 Å². The van der Waals surface area contributed by atoms with Gasteiger partial charge in [0.15, 0.2) is 0 Å². The summed E-state index contributed by atoms with van der Waals surface area (Å²) in [7, 11) is -4.07. The van der Waals surface area contributed by atoms with Crippen LogP contribution < -0.4 is 0 Å². The first-order valence-electron chi connectivity index (χ1n) is 5.75. The summed E-state index contributed by atoms with van der Waals surface area (Å²) in [4.78, 5) is 20.4. The molecule has 110 valence electrons. The molecule has 20 heavy (non-hydrogen) atoms. The van der Waals surface area contributed by atoms with Crippen LogP contribution in [0.5, 0.6) is 0 Å². The van der Waals surface area contributed by atoms with Gasteiger partial charge in [-0.15, -0.1) is 0 Å². The van der Waals surface area contributed by atoms with Crippen molar-refractivity contribution < 1.29 is 23.2 Å². The number of carbonyl (C=O) groups is 1. The highest BCUT2D eigenvalue weighted by Gasteiger charge is 2.27. The number of nitrogens with zero attached hydrogens (tertiary/aromatic N) is 2. The fourth-order valence-corrected chi connectivity index (χ4v) is 3.11. The van der Waals surface area contributed by atoms with E-state index in [2.05, 4.69) is 0 Å². The topological polar surface area (TPSA) is 118 Å². The van der Waals surface area contributed by atoms with Crippen LogP contribution in [0.15, 0.2) is 29.2 Å². The third kappa shape index (κ3) is 3.75. The molecule has 0 amide bonds. The quantitative estimate of drug-likeness (QED) is 0.594. The van der Waals surface area contributed by atoms with E-state index in [0.717, 1.165) is 10.4 Å². The van der Waals surface area contributed by atoms with Gasteiger partial charge in [0, 0.05) is 18.7 Å². The number of carboxylic acid groups (broad SMARTS) is 1. The number of nitro benzene ring substituents is 1. The lowest BCUT2D eigenvalue weighted by atomic mass is 10.3. The molecule has 0 unspecified atom stereocenters. The lowest BCUT2D eigenvalue weighted by Gasteiger charge is -2.19. The van der Waals surface area contributed by atoms with Crippen molar-refractivity contribution in [2.75, 3.05) is 13.1 Å². The summed E-state index contributed by atoms with van der Waals surface area (Å²) < 4.78 is 25.3. The summed E-state index contributed by atoms with van der Waals surface area (Å²) in [6, 6.07) is 4.53. The van der Waals surface area contributed by atoms with Crippen molar-refractivity contribution in [3.8, 4) is 0 Å². The zero-order chi connectivity index (χ0) is 15.3. The maximum absolute atomic E-state index is 12.3. The van der Waals surface area contributed by atoms with Gasteiger partial charge in [-0.25, -0.2) is 8.42 Å². The van der Waals surface area contributed by atoms with Crippen LogP contribution in [0.1, 0.15) is 13.3 Å². The van der Waals surface area contributed by atoms with Gasteiger partial charge in [-0.3, -0.25) is 14.9 Å². The molecule has 0 aliphatic carbocycles. The van der Waals surface area contributed by atoms with Crippen molar-refractivity contribution in [1.29, 1.82) is 0 Å². The zero-order valence-corrected chi connectivity index (χ0v) is 11.5. The number of aliphatic carboxylic acids is 1. The molecule has 8 nitrogen and oxygen atoms in total. The number of benzene rings is 1. The molecule has 9 heteroatoms. The minimum absolute atomic E-state index is 0.0251. The summed E-state index contributed by atoms with van der Waals surface area (Å²) in [5.74, 6) is -1.28. The van der Waals surface area contributed by atoms with Crippen molar-refractivity contribution in [3.63, 3.8) is 0 Å². The fraction of sp³-hybridized carbons (Fsp3) is 0.364. The van der Waals surface area contributed by atoms with Gasteiger partial charge in [-0.2, -0.15) is 4.31 Å². The van der Waals surface area contributed by atoms with Crippen LogP contribution in [0.2, 0.25) is 0 Å². The molecule has 0 heterocycles. The van der Waals surface area contributed by atoms with Crippen LogP contribution >= 0.6 is 0 Å². The van der Waals surface area contributed by atoms with E-state index in [9.17, 15) is 23.3 Å². The van der Waals surface area contributed by atoms with E-state index >= 15 is 0 Å². The third-order valence-corrected chi connectivity index (χ3v) is 4.29. The number of non-ortho nitro benzene ring substituents is 1. The number of carboxylic acids is 1. The van der Waals surface area contributed by atoms with Gasteiger partial charge in [-0.1, -0.05) is 13.0 Å². The minimum atomic E-state index is -4.07. The molecule has 1 N–H and O–H groups in total. The number of nitro groups is 1. The van der Waals surface area contributed by atoms with Gasteiger partial charge in [0.25, 0.3) is 5.69 Å². The second-order valence-corrected chi connectivity index (χ2v) is 5.92. The van der Waals surface area contributed by atoms with E-state index in [1.165, 1.54) is 18.2 Å². The Balaban J connectivity index is 3.21. The Kier molecular flexibility index (Phi) is 5.17. The van der Waals surface area contributed by atoms with Crippen LogP contribution in [0.3, 0.4) is 0 Å². The van der Waals surface area contributed by atoms with E-state index in [1.807, 2.05) is 0 Å². The molecule has 0 aliphatic heterocycles. The second kappa shape index (κ2) is 6.44. The highest BCUT2D eigenvalue weighted by Crippen LogP contribution is 2.21. The first-order chi connectivity index (χ1) is 9.28. The maximum Gasteiger partial charge on any atom is 0.318 e. The predicted molar refractivity (Wildman–Crippen MR) is 69.8 cm³/mol. The Morgan fingerprint density at radius 1 is 1.45 bits per heavy atom. The molecule has 0 atom stereocenters. The smallest absolute Gasteiger partial charge is 0.318 e. The first kappa shape index (κ1) is 16.1. The van der Waals surface area contributed by atoms with E-state index in [4.69, 9.17) is 5.11 Å². The maximum atomic E-state index is 12.3. The molecular weight excluding hydrogens is 288 g/mol. The molecule has 1 rings (SSSR count). The molecule has 0 saturated carbocycles. The van der Waals surface area contributed by atoms with Gasteiger partial charge >= 0.3 is 5.97 Å². The van der Waals surface area contributed by atoms with Crippen LogP contribution in [-0.4, -0.2) is 41.8 Å². The van der Waals surface area contributed by atoms with Gasteiger partial charge in [-0.05, 0) is 12.5 Å². The first-order valence-corrected chi connectivity index (χ1v) is 7.19. The van der Waals surface area contributed by atoms with Gasteiger partial charge in [0.05, 0.1) is 9.82 Å². The average Bonchev–Trinajstić information content (AvgIpc) is 2.38.